The van der Waals surface area contributed by atoms with Gasteiger partial charge in [0.25, 0.3) is 0 Å². The summed E-state index contributed by atoms with van der Waals surface area (Å²) in [5.74, 6) is 0.395. The maximum Gasteiger partial charge on any atom is 0.503 e. The van der Waals surface area contributed by atoms with E-state index in [1.54, 1.807) is 0 Å². The molecule has 0 aliphatic carbocycles. The predicted octanol–water partition coefficient (Wildman–Crippen LogP) is 5.40. The van der Waals surface area contributed by atoms with E-state index in [0.717, 1.165) is 19.3 Å². The second-order valence-corrected chi connectivity index (χ2v) is 4.78. The summed E-state index contributed by atoms with van der Waals surface area (Å²) in [5, 5.41) is 0. The molecule has 0 aromatic rings. The lowest BCUT2D eigenvalue weighted by atomic mass is 9.91. The van der Waals surface area contributed by atoms with E-state index in [-0.39, 0.29) is 4.48 Å². The van der Waals surface area contributed by atoms with Crippen molar-refractivity contribution in [2.75, 3.05) is 0 Å². The van der Waals surface area contributed by atoms with Crippen LogP contribution in [0.5, 0.6) is 0 Å². The van der Waals surface area contributed by atoms with Crippen LogP contribution in [0.3, 0.4) is 0 Å². The van der Waals surface area contributed by atoms with Crippen LogP contribution in [0.15, 0.2) is 10.5 Å². The highest BCUT2D eigenvalue weighted by Crippen LogP contribution is 2.21. The topological polar surface area (TPSA) is 0 Å². The molecule has 0 aromatic carbocycles. The third-order valence-corrected chi connectivity index (χ3v) is 2.80. The Balaban J connectivity index is 3.47. The van der Waals surface area contributed by atoms with Crippen molar-refractivity contribution < 1.29 is 12.9 Å². The molecule has 0 rings (SSSR count). The van der Waals surface area contributed by atoms with Gasteiger partial charge in [0.2, 0.25) is 0 Å². The van der Waals surface area contributed by atoms with Gasteiger partial charge in [0.15, 0.2) is 0 Å². The minimum Gasteiger partial charge on any atom is -0.445 e. The summed E-state index contributed by atoms with van der Waals surface area (Å²) in [5.41, 5.74) is 0. The Bertz CT molecular complexity index is 190. The van der Waals surface area contributed by atoms with Crippen LogP contribution in [-0.4, -0.2) is 6.98 Å². The fraction of sp³-hybridized carbons (Fsp3) is 0.800. The predicted molar refractivity (Wildman–Crippen MR) is 64.1 cm³/mol. The van der Waals surface area contributed by atoms with Gasteiger partial charge in [0.05, 0.1) is 0 Å². The molecule has 0 saturated carbocycles. The fourth-order valence-electron chi connectivity index (χ4n) is 1.36. The van der Waals surface area contributed by atoms with Crippen LogP contribution in [0, 0.1) is 0 Å². The van der Waals surface area contributed by atoms with Crippen LogP contribution in [0.2, 0.25) is 0 Å². The van der Waals surface area contributed by atoms with Crippen LogP contribution in [0.1, 0.15) is 51.9 Å². The largest absolute Gasteiger partial charge is 0.503 e. The third-order valence-electron chi connectivity index (χ3n) is 2.14. The fourth-order valence-corrected chi connectivity index (χ4v) is 1.94. The molecular weight excluding hydrogens is 268 g/mol. The Morgan fingerprint density at radius 2 is 1.60 bits per heavy atom. The molecule has 90 valence electrons. The number of halogens is 4. The Labute approximate surface area is 98.5 Å². The molecule has 15 heavy (non-hydrogen) atoms. The smallest absolute Gasteiger partial charge is 0.445 e. The maximum atomic E-state index is 11.9. The van der Waals surface area contributed by atoms with Gasteiger partial charge in [-0.15, -0.1) is 5.98 Å². The molecule has 0 unspecified atom stereocenters. The van der Waals surface area contributed by atoms with Gasteiger partial charge in [0, 0.05) is 0 Å². The first kappa shape index (κ1) is 15.1. The quantitative estimate of drug-likeness (QED) is 0.414. The highest BCUT2D eigenvalue weighted by Gasteiger charge is 2.18. The lowest BCUT2D eigenvalue weighted by molar-refractivity contribution is 0.498. The van der Waals surface area contributed by atoms with Crippen LogP contribution in [-0.2, 0) is 0 Å². The minimum absolute atomic E-state index is 0.283. The van der Waals surface area contributed by atoms with Crippen LogP contribution >= 0.6 is 15.9 Å². The van der Waals surface area contributed by atoms with Gasteiger partial charge in [0.1, 0.15) is 0 Å². The van der Waals surface area contributed by atoms with Gasteiger partial charge in [-0.25, -0.2) is 0 Å². The number of allylic oxidation sites excluding steroid dienone is 1. The molecule has 0 aromatic heterocycles. The highest BCUT2D eigenvalue weighted by atomic mass is 79.9. The van der Waals surface area contributed by atoms with Crippen molar-refractivity contribution in [2.45, 2.75) is 51.9 Å². The molecule has 5 heteroatoms. The molecule has 0 bridgehead atoms. The lowest BCUT2D eigenvalue weighted by Gasteiger charge is -2.09. The van der Waals surface area contributed by atoms with E-state index in [0.29, 0.717) is 12.4 Å². The SMILES string of the molecule is CCCCCCCC/C(Br)=C/[B-](F)(F)F. The average molecular weight is 286 g/mol. The molecule has 0 spiro atoms. The zero-order chi connectivity index (χ0) is 11.7. The number of unbranched alkanes of at least 4 members (excludes halogenated alkanes) is 5. The van der Waals surface area contributed by atoms with E-state index >= 15 is 0 Å². The zero-order valence-corrected chi connectivity index (χ0v) is 10.7. The normalized spacial score (nSPS) is 13.3. The van der Waals surface area contributed by atoms with Crippen molar-refractivity contribution in [3.05, 3.63) is 10.5 Å². The Kier molecular flexibility index (Phi) is 8.29. The van der Waals surface area contributed by atoms with E-state index < -0.39 is 6.98 Å². The van der Waals surface area contributed by atoms with Gasteiger partial charge >= 0.3 is 6.98 Å². The molecule has 0 radical (unpaired) electrons. The van der Waals surface area contributed by atoms with E-state index in [2.05, 4.69) is 22.9 Å². The summed E-state index contributed by atoms with van der Waals surface area (Å²) in [4.78, 5) is 0. The standard InChI is InChI=1S/C10H18BBrF3/c1-2-3-4-5-6-7-8-10(12)9-11(13,14)15/h9H,2-8H2,1H3/q-1/b10-9-. The molecule has 0 fully saturated rings. The van der Waals surface area contributed by atoms with E-state index in [9.17, 15) is 12.9 Å². The van der Waals surface area contributed by atoms with Gasteiger partial charge in [-0.1, -0.05) is 55.0 Å². The molecule has 0 N–H and O–H groups in total. The monoisotopic (exact) mass is 285 g/mol. The Morgan fingerprint density at radius 1 is 1.07 bits per heavy atom. The van der Waals surface area contributed by atoms with Crippen molar-refractivity contribution in [1.82, 2.24) is 0 Å². The summed E-state index contributed by atoms with van der Waals surface area (Å²) in [6, 6.07) is 0. The maximum absolute atomic E-state index is 11.9. The third kappa shape index (κ3) is 12.0. The van der Waals surface area contributed by atoms with E-state index in [4.69, 9.17) is 0 Å². The summed E-state index contributed by atoms with van der Waals surface area (Å²) in [6.45, 7) is -2.64. The number of hydrogen-bond acceptors (Lipinski definition) is 0. The van der Waals surface area contributed by atoms with Gasteiger partial charge in [-0.2, -0.15) is 0 Å². The molecule has 0 aliphatic rings. The molecule has 0 nitrogen and oxygen atoms in total. The molecule has 0 aliphatic heterocycles. The minimum atomic E-state index is -4.79. The van der Waals surface area contributed by atoms with Crippen molar-refractivity contribution >= 4 is 22.9 Å². The Hall–Kier alpha value is 0.0749. The molecule has 0 saturated heterocycles. The summed E-state index contributed by atoms with van der Waals surface area (Å²) < 4.78 is 36.1. The van der Waals surface area contributed by atoms with E-state index in [1.165, 1.54) is 19.3 Å². The van der Waals surface area contributed by atoms with Crippen molar-refractivity contribution in [3.8, 4) is 0 Å². The van der Waals surface area contributed by atoms with Gasteiger partial charge in [-0.3, -0.25) is 0 Å². The summed E-state index contributed by atoms with van der Waals surface area (Å²) in [7, 11) is 0. The first-order chi connectivity index (χ1) is 6.95. The zero-order valence-electron chi connectivity index (χ0n) is 9.12. The highest BCUT2D eigenvalue weighted by molar-refractivity contribution is 9.11. The average Bonchev–Trinajstić information content (AvgIpc) is 2.08. The van der Waals surface area contributed by atoms with Crippen molar-refractivity contribution in [2.24, 2.45) is 0 Å². The van der Waals surface area contributed by atoms with Crippen LogP contribution in [0.25, 0.3) is 0 Å². The second kappa shape index (κ2) is 8.25. The van der Waals surface area contributed by atoms with Gasteiger partial charge in [-0.05, 0) is 17.3 Å². The molecule has 0 atom stereocenters. The number of rotatable bonds is 8. The van der Waals surface area contributed by atoms with Crippen LogP contribution < -0.4 is 0 Å². The van der Waals surface area contributed by atoms with Crippen molar-refractivity contribution in [3.63, 3.8) is 0 Å². The second-order valence-electron chi connectivity index (χ2n) is 3.76. The molecule has 0 amide bonds. The van der Waals surface area contributed by atoms with Gasteiger partial charge < -0.3 is 12.9 Å². The van der Waals surface area contributed by atoms with Crippen molar-refractivity contribution in [1.29, 1.82) is 0 Å². The Morgan fingerprint density at radius 3 is 2.13 bits per heavy atom. The van der Waals surface area contributed by atoms with Crippen LogP contribution in [0.4, 0.5) is 12.9 Å². The number of hydrogen-bond donors (Lipinski definition) is 0. The summed E-state index contributed by atoms with van der Waals surface area (Å²) in [6.07, 6.45) is 7.11. The first-order valence-electron chi connectivity index (χ1n) is 5.53. The molecule has 0 heterocycles. The lowest BCUT2D eigenvalue weighted by Crippen LogP contribution is -2.10. The first-order valence-corrected chi connectivity index (χ1v) is 6.32. The molecular formula is C10H18BBrF3-. The summed E-state index contributed by atoms with van der Waals surface area (Å²) >= 11 is 2.95. The van der Waals surface area contributed by atoms with E-state index in [1.807, 2.05) is 0 Å².